The normalized spacial score (nSPS) is 11.4. The topological polar surface area (TPSA) is 72.0 Å². The fourth-order valence-corrected chi connectivity index (χ4v) is 2.60. The van der Waals surface area contributed by atoms with Crippen molar-refractivity contribution < 1.29 is 0 Å². The minimum Gasteiger partial charge on any atom is -0.330 e. The summed E-state index contributed by atoms with van der Waals surface area (Å²) >= 11 is 1.61. The fraction of sp³-hybridized carbons (Fsp3) is 0.273. The number of nitrogens with one attached hydrogen (secondary N) is 1. The Bertz CT molecular complexity index is 616. The molecule has 0 amide bonds. The minimum absolute atomic E-state index is 0.631. The predicted molar refractivity (Wildman–Crippen MR) is 68.1 cm³/mol. The fourth-order valence-electron chi connectivity index (χ4n) is 1.79. The zero-order valence-electron chi connectivity index (χ0n) is 9.47. The lowest BCUT2D eigenvalue weighted by molar-refractivity contribution is 0.936. The van der Waals surface area contributed by atoms with Gasteiger partial charge in [-0.05, 0) is 13.5 Å². The molecule has 3 rings (SSSR count). The van der Waals surface area contributed by atoms with E-state index in [4.69, 9.17) is 5.73 Å². The van der Waals surface area contributed by atoms with Crippen LogP contribution in [0.4, 0.5) is 0 Å². The van der Waals surface area contributed by atoms with E-state index in [-0.39, 0.29) is 0 Å². The first-order valence-electron chi connectivity index (χ1n) is 5.45. The Morgan fingerprint density at radius 2 is 2.29 bits per heavy atom. The molecule has 0 unspecified atom stereocenters. The summed E-state index contributed by atoms with van der Waals surface area (Å²) < 4.78 is 1.98. The van der Waals surface area contributed by atoms with Crippen LogP contribution in [0.2, 0.25) is 0 Å². The highest BCUT2D eigenvalue weighted by Gasteiger charge is 2.09. The van der Waals surface area contributed by atoms with E-state index in [1.165, 1.54) is 0 Å². The van der Waals surface area contributed by atoms with E-state index < -0.39 is 0 Å². The Kier molecular flexibility index (Phi) is 2.45. The van der Waals surface area contributed by atoms with Crippen LogP contribution in [0.25, 0.3) is 16.5 Å². The first-order chi connectivity index (χ1) is 8.26. The van der Waals surface area contributed by atoms with Gasteiger partial charge in [-0.1, -0.05) is 0 Å². The van der Waals surface area contributed by atoms with Gasteiger partial charge in [0, 0.05) is 29.9 Å². The second-order valence-electron chi connectivity index (χ2n) is 3.98. The molecular weight excluding hydrogens is 234 g/mol. The lowest BCUT2D eigenvalue weighted by Gasteiger charge is -1.89. The molecular formula is C11H13N5S. The molecule has 0 bridgehead atoms. The maximum atomic E-state index is 5.51. The van der Waals surface area contributed by atoms with Crippen molar-refractivity contribution in [3.63, 3.8) is 0 Å². The number of thiazole rings is 1. The largest absolute Gasteiger partial charge is 0.330 e. The van der Waals surface area contributed by atoms with Gasteiger partial charge in [0.2, 0.25) is 5.78 Å². The van der Waals surface area contributed by atoms with Crippen LogP contribution in [0.5, 0.6) is 0 Å². The molecule has 0 atom stereocenters. The van der Waals surface area contributed by atoms with Crippen LogP contribution in [0, 0.1) is 6.92 Å². The van der Waals surface area contributed by atoms with Gasteiger partial charge in [-0.2, -0.15) is 0 Å². The van der Waals surface area contributed by atoms with E-state index in [0.29, 0.717) is 6.54 Å². The van der Waals surface area contributed by atoms with Crippen LogP contribution in [0.15, 0.2) is 17.8 Å². The van der Waals surface area contributed by atoms with Crippen molar-refractivity contribution in [1.29, 1.82) is 0 Å². The van der Waals surface area contributed by atoms with Crippen LogP contribution in [-0.4, -0.2) is 25.9 Å². The monoisotopic (exact) mass is 247 g/mol. The first kappa shape index (κ1) is 10.5. The molecule has 0 spiro atoms. The van der Waals surface area contributed by atoms with Crippen LogP contribution < -0.4 is 5.73 Å². The van der Waals surface area contributed by atoms with Gasteiger partial charge in [-0.3, -0.25) is 4.40 Å². The lowest BCUT2D eigenvalue weighted by Crippen LogP contribution is -2.02. The Balaban J connectivity index is 1.98. The van der Waals surface area contributed by atoms with Crippen molar-refractivity contribution in [1.82, 2.24) is 19.4 Å². The summed E-state index contributed by atoms with van der Waals surface area (Å²) in [5.74, 6) is 0.855. The molecule has 0 saturated carbocycles. The van der Waals surface area contributed by atoms with Gasteiger partial charge in [-0.15, -0.1) is 11.3 Å². The van der Waals surface area contributed by atoms with Gasteiger partial charge in [0.15, 0.2) is 0 Å². The summed E-state index contributed by atoms with van der Waals surface area (Å²) in [5.41, 5.74) is 8.56. The van der Waals surface area contributed by atoms with Crippen molar-refractivity contribution in [3.8, 4) is 10.7 Å². The number of aryl methyl sites for hydroxylation is 1. The predicted octanol–water partition coefficient (Wildman–Crippen LogP) is 1.60. The third-order valence-electron chi connectivity index (χ3n) is 2.55. The van der Waals surface area contributed by atoms with Gasteiger partial charge in [-0.25, -0.2) is 9.97 Å². The second kappa shape index (κ2) is 3.97. The van der Waals surface area contributed by atoms with E-state index in [1.807, 2.05) is 29.1 Å². The molecule has 3 N–H and O–H groups in total. The molecule has 5 nitrogen and oxygen atoms in total. The summed E-state index contributed by atoms with van der Waals surface area (Å²) in [5, 5.41) is 2.99. The number of nitrogens with two attached hydrogens (primary N) is 1. The molecule has 3 aromatic heterocycles. The van der Waals surface area contributed by atoms with E-state index >= 15 is 0 Å². The quantitative estimate of drug-likeness (QED) is 0.738. The summed E-state index contributed by atoms with van der Waals surface area (Å²) in [7, 11) is 0. The molecule has 0 aliphatic heterocycles. The third-order valence-corrected chi connectivity index (χ3v) is 3.46. The Morgan fingerprint density at radius 3 is 3.06 bits per heavy atom. The molecule has 3 heterocycles. The number of imidazole rings is 2. The van der Waals surface area contributed by atoms with Crippen molar-refractivity contribution in [2.24, 2.45) is 5.73 Å². The highest BCUT2D eigenvalue weighted by molar-refractivity contribution is 7.13. The summed E-state index contributed by atoms with van der Waals surface area (Å²) in [6.45, 7) is 2.64. The molecule has 0 radical (unpaired) electrons. The van der Waals surface area contributed by atoms with Gasteiger partial charge < -0.3 is 10.7 Å². The molecule has 0 aliphatic rings. The van der Waals surface area contributed by atoms with Crippen molar-refractivity contribution in [2.45, 2.75) is 13.3 Å². The number of aromatic amines is 1. The number of H-pyrrole nitrogens is 1. The molecule has 3 aromatic rings. The zero-order valence-corrected chi connectivity index (χ0v) is 10.3. The van der Waals surface area contributed by atoms with E-state index in [0.717, 1.165) is 34.3 Å². The SMILES string of the molecule is Cc1cn2cc(-c3nc(CCN)cs3)nc2[nH]1. The third kappa shape index (κ3) is 1.85. The average Bonchev–Trinajstić information content (AvgIpc) is 2.91. The maximum absolute atomic E-state index is 5.51. The summed E-state index contributed by atoms with van der Waals surface area (Å²) in [4.78, 5) is 12.2. The number of fused-ring (bicyclic) bond motifs is 1. The number of hydrogen-bond donors (Lipinski definition) is 2. The van der Waals surface area contributed by atoms with Gasteiger partial charge >= 0.3 is 0 Å². The average molecular weight is 247 g/mol. The van der Waals surface area contributed by atoms with Crippen LogP contribution in [0.1, 0.15) is 11.4 Å². The molecule has 88 valence electrons. The molecule has 6 heteroatoms. The van der Waals surface area contributed by atoms with Crippen molar-refractivity contribution in [3.05, 3.63) is 29.2 Å². The highest BCUT2D eigenvalue weighted by Crippen LogP contribution is 2.23. The zero-order chi connectivity index (χ0) is 11.8. The van der Waals surface area contributed by atoms with E-state index in [9.17, 15) is 0 Å². The van der Waals surface area contributed by atoms with Crippen LogP contribution >= 0.6 is 11.3 Å². The molecule has 0 aliphatic carbocycles. The molecule has 17 heavy (non-hydrogen) atoms. The lowest BCUT2D eigenvalue weighted by atomic mass is 10.3. The van der Waals surface area contributed by atoms with E-state index in [1.54, 1.807) is 11.3 Å². The standard InChI is InChI=1S/C11H13N5S/c1-7-4-16-5-9(15-11(16)13-7)10-14-8(2-3-12)6-17-10/h4-6H,2-3,12H2,1H3,(H,13,15). The minimum atomic E-state index is 0.631. The van der Waals surface area contributed by atoms with Gasteiger partial charge in [0.25, 0.3) is 0 Å². The molecule has 0 fully saturated rings. The smallest absolute Gasteiger partial charge is 0.212 e. The second-order valence-corrected chi connectivity index (χ2v) is 4.83. The number of aromatic nitrogens is 4. The Morgan fingerprint density at radius 1 is 1.41 bits per heavy atom. The van der Waals surface area contributed by atoms with Crippen molar-refractivity contribution in [2.75, 3.05) is 6.54 Å². The maximum Gasteiger partial charge on any atom is 0.212 e. The molecule has 0 aromatic carbocycles. The van der Waals surface area contributed by atoms with Crippen LogP contribution in [0.3, 0.4) is 0 Å². The van der Waals surface area contributed by atoms with Crippen molar-refractivity contribution >= 4 is 17.1 Å². The number of rotatable bonds is 3. The summed E-state index contributed by atoms with van der Waals surface area (Å²) in [6.07, 6.45) is 4.82. The highest BCUT2D eigenvalue weighted by atomic mass is 32.1. The van der Waals surface area contributed by atoms with Crippen LogP contribution in [-0.2, 0) is 6.42 Å². The van der Waals surface area contributed by atoms with Gasteiger partial charge in [0.05, 0.1) is 5.69 Å². The Labute approximate surface area is 102 Å². The van der Waals surface area contributed by atoms with Gasteiger partial charge in [0.1, 0.15) is 10.7 Å². The first-order valence-corrected chi connectivity index (χ1v) is 6.33. The molecule has 0 saturated heterocycles. The Hall–Kier alpha value is -1.66. The summed E-state index contributed by atoms with van der Waals surface area (Å²) in [6, 6.07) is 0. The number of nitrogens with zero attached hydrogens (tertiary/aromatic N) is 3. The van der Waals surface area contributed by atoms with E-state index in [2.05, 4.69) is 15.0 Å². The number of hydrogen-bond acceptors (Lipinski definition) is 4.